The molecule has 0 aromatic heterocycles. The van der Waals surface area contributed by atoms with Gasteiger partial charge in [-0.2, -0.15) is 0 Å². The van der Waals surface area contributed by atoms with Crippen LogP contribution in [0.4, 0.5) is 0 Å². The van der Waals surface area contributed by atoms with Gasteiger partial charge in [-0.05, 0) is 30.4 Å². The summed E-state index contributed by atoms with van der Waals surface area (Å²) in [5.74, 6) is -1.55. The molecule has 2 aromatic rings. The summed E-state index contributed by atoms with van der Waals surface area (Å²) in [6, 6.07) is 18.2. The molecule has 37 heavy (non-hydrogen) atoms. The number of carbonyl (C=O) groups is 3. The largest absolute Gasteiger partial charge is 0.463 e. The van der Waals surface area contributed by atoms with Gasteiger partial charge in [0.05, 0.1) is 18.6 Å². The maximum absolute atomic E-state index is 13.3. The molecule has 0 saturated heterocycles. The van der Waals surface area contributed by atoms with Crippen LogP contribution in [0.1, 0.15) is 49.3 Å². The van der Waals surface area contributed by atoms with Gasteiger partial charge in [0.15, 0.2) is 0 Å². The first-order valence-corrected chi connectivity index (χ1v) is 12.6. The number of aliphatic hydroxyl groups is 1. The van der Waals surface area contributed by atoms with Crippen LogP contribution in [0, 0.1) is 5.92 Å². The second-order valence-corrected chi connectivity index (χ2v) is 8.79. The topological polar surface area (TPSA) is 95.9 Å². The van der Waals surface area contributed by atoms with Gasteiger partial charge in [-0.15, -0.1) is 13.2 Å². The van der Waals surface area contributed by atoms with E-state index in [-0.39, 0.29) is 50.4 Å². The number of hydrogen-bond acceptors (Lipinski definition) is 5. The first kappa shape index (κ1) is 29.5. The van der Waals surface area contributed by atoms with Crippen molar-refractivity contribution in [2.24, 2.45) is 5.92 Å². The number of aliphatic hydroxyl groups excluding tert-OH is 1. The van der Waals surface area contributed by atoms with E-state index in [1.165, 1.54) is 0 Å². The maximum Gasteiger partial charge on any atom is 0.305 e. The van der Waals surface area contributed by atoms with Crippen molar-refractivity contribution in [2.75, 3.05) is 19.8 Å². The van der Waals surface area contributed by atoms with E-state index in [1.54, 1.807) is 17.1 Å². The van der Waals surface area contributed by atoms with Crippen molar-refractivity contribution >= 4 is 17.8 Å². The average molecular weight is 507 g/mol. The van der Waals surface area contributed by atoms with Crippen LogP contribution < -0.4 is 5.32 Å². The quantitative estimate of drug-likeness (QED) is 0.189. The fourth-order valence-electron chi connectivity index (χ4n) is 3.88. The number of nitrogens with zero attached hydrogens (tertiary/aromatic N) is 1. The Hall–Kier alpha value is -3.71. The Morgan fingerprint density at radius 2 is 1.68 bits per heavy atom. The van der Waals surface area contributed by atoms with Crippen LogP contribution in [0.3, 0.4) is 0 Å². The van der Waals surface area contributed by atoms with Gasteiger partial charge in [0, 0.05) is 25.9 Å². The first-order valence-electron chi connectivity index (χ1n) is 12.6. The summed E-state index contributed by atoms with van der Waals surface area (Å²) in [6.07, 6.45) is 5.29. The van der Waals surface area contributed by atoms with E-state index in [0.29, 0.717) is 19.4 Å². The summed E-state index contributed by atoms with van der Waals surface area (Å²) in [5, 5.41) is 12.5. The Morgan fingerprint density at radius 1 is 1.00 bits per heavy atom. The fourth-order valence-corrected chi connectivity index (χ4v) is 3.88. The van der Waals surface area contributed by atoms with E-state index in [1.807, 2.05) is 60.7 Å². The lowest BCUT2D eigenvalue weighted by molar-refractivity contribution is -0.145. The van der Waals surface area contributed by atoms with Crippen molar-refractivity contribution in [3.05, 3.63) is 97.1 Å². The van der Waals surface area contributed by atoms with Crippen LogP contribution in [0.2, 0.25) is 0 Å². The number of ether oxygens (including phenoxy) is 1. The molecule has 2 amide bonds. The molecule has 2 atom stereocenters. The highest BCUT2D eigenvalue weighted by Gasteiger charge is 2.27. The highest BCUT2D eigenvalue weighted by molar-refractivity contribution is 5.86. The third-order valence-electron chi connectivity index (χ3n) is 5.90. The number of unbranched alkanes of at least 4 members (excludes halogenated alkanes) is 1. The van der Waals surface area contributed by atoms with Crippen molar-refractivity contribution in [1.82, 2.24) is 10.2 Å². The van der Waals surface area contributed by atoms with Crippen molar-refractivity contribution in [2.45, 2.75) is 44.7 Å². The summed E-state index contributed by atoms with van der Waals surface area (Å²) in [6.45, 7) is 7.73. The van der Waals surface area contributed by atoms with Gasteiger partial charge in [0.1, 0.15) is 6.61 Å². The molecule has 7 nitrogen and oxygen atoms in total. The van der Waals surface area contributed by atoms with E-state index in [4.69, 9.17) is 4.74 Å². The lowest BCUT2D eigenvalue weighted by atomic mass is 9.98. The van der Waals surface area contributed by atoms with Gasteiger partial charge < -0.3 is 20.1 Å². The zero-order valence-corrected chi connectivity index (χ0v) is 21.4. The summed E-state index contributed by atoms with van der Waals surface area (Å²) in [5.41, 5.74) is 1.73. The lowest BCUT2D eigenvalue weighted by Gasteiger charge is -2.26. The Balaban J connectivity index is 2.09. The Morgan fingerprint density at radius 3 is 2.30 bits per heavy atom. The monoisotopic (exact) mass is 506 g/mol. The minimum atomic E-state index is -0.656. The minimum Gasteiger partial charge on any atom is -0.463 e. The molecule has 0 spiro atoms. The molecular formula is C30H38N2O5. The smallest absolute Gasteiger partial charge is 0.305 e. The van der Waals surface area contributed by atoms with Crippen LogP contribution in [0.15, 0.2) is 86.0 Å². The lowest BCUT2D eigenvalue weighted by Crippen LogP contribution is -2.40. The van der Waals surface area contributed by atoms with Crippen LogP contribution in [-0.2, 0) is 25.7 Å². The SMILES string of the molecule is C=CCCCC(=O)OC[C@H](NC(=O)[C@@H](CC=C)CC(=O)N(CCO)Cc1ccccc1)c1ccccc1. The van der Waals surface area contributed by atoms with Crippen molar-refractivity contribution in [3.8, 4) is 0 Å². The molecular weight excluding hydrogens is 468 g/mol. The minimum absolute atomic E-state index is 0.0118. The number of allylic oxidation sites excluding steroid dienone is 2. The van der Waals surface area contributed by atoms with Crippen molar-refractivity contribution in [3.63, 3.8) is 0 Å². The van der Waals surface area contributed by atoms with E-state index in [9.17, 15) is 19.5 Å². The summed E-state index contributed by atoms with van der Waals surface area (Å²) < 4.78 is 5.45. The standard InChI is InChI=1S/C30H38N2O5/c1-3-5-8-18-29(35)37-23-27(25-16-11-7-12-17-25)31-30(36)26(13-4-2)21-28(34)32(19-20-33)22-24-14-9-6-10-15-24/h3-4,6-7,9-12,14-17,26-27,33H,1-2,5,8,13,18-23H2,(H,31,36)/t26-,27-/m0/s1. The van der Waals surface area contributed by atoms with Crippen LogP contribution in [0.5, 0.6) is 0 Å². The number of nitrogens with one attached hydrogen (secondary N) is 1. The Labute approximate surface area is 219 Å². The normalized spacial score (nSPS) is 12.1. The van der Waals surface area contributed by atoms with Crippen LogP contribution in [-0.4, -0.2) is 47.5 Å². The number of benzene rings is 2. The fraction of sp³-hybridized carbons (Fsp3) is 0.367. The Bertz CT molecular complexity index is 994. The Kier molecular flexibility index (Phi) is 13.5. The van der Waals surface area contributed by atoms with E-state index < -0.39 is 12.0 Å². The predicted octanol–water partition coefficient (Wildman–Crippen LogP) is 4.35. The van der Waals surface area contributed by atoms with Crippen LogP contribution >= 0.6 is 0 Å². The highest BCUT2D eigenvalue weighted by Crippen LogP contribution is 2.19. The molecule has 2 N–H and O–H groups in total. The summed E-state index contributed by atoms with van der Waals surface area (Å²) in [4.78, 5) is 40.2. The molecule has 2 rings (SSSR count). The first-order chi connectivity index (χ1) is 18.0. The van der Waals surface area contributed by atoms with Gasteiger partial charge in [-0.3, -0.25) is 14.4 Å². The average Bonchev–Trinajstić information content (AvgIpc) is 2.91. The second-order valence-electron chi connectivity index (χ2n) is 8.79. The molecule has 0 bridgehead atoms. The van der Waals surface area contributed by atoms with Gasteiger partial charge in [0.25, 0.3) is 0 Å². The molecule has 2 aromatic carbocycles. The molecule has 0 aliphatic carbocycles. The van der Waals surface area contributed by atoms with Crippen molar-refractivity contribution < 1.29 is 24.2 Å². The van der Waals surface area contributed by atoms with Gasteiger partial charge in [0.2, 0.25) is 11.8 Å². The molecule has 0 aliphatic rings. The predicted molar refractivity (Wildman–Crippen MR) is 144 cm³/mol. The second kappa shape index (κ2) is 16.9. The zero-order valence-electron chi connectivity index (χ0n) is 21.4. The molecule has 0 aliphatic heterocycles. The maximum atomic E-state index is 13.3. The molecule has 0 fully saturated rings. The number of amides is 2. The molecule has 0 heterocycles. The van der Waals surface area contributed by atoms with E-state index in [2.05, 4.69) is 18.5 Å². The highest BCUT2D eigenvalue weighted by atomic mass is 16.5. The third kappa shape index (κ3) is 10.8. The number of esters is 1. The summed E-state index contributed by atoms with van der Waals surface area (Å²) in [7, 11) is 0. The number of rotatable bonds is 17. The van der Waals surface area contributed by atoms with E-state index in [0.717, 1.165) is 17.5 Å². The van der Waals surface area contributed by atoms with Crippen molar-refractivity contribution in [1.29, 1.82) is 0 Å². The molecule has 198 valence electrons. The van der Waals surface area contributed by atoms with Gasteiger partial charge in [-0.1, -0.05) is 72.8 Å². The third-order valence-corrected chi connectivity index (χ3v) is 5.90. The molecule has 0 radical (unpaired) electrons. The molecule has 0 unspecified atom stereocenters. The van der Waals surface area contributed by atoms with Gasteiger partial charge >= 0.3 is 5.97 Å². The molecule has 0 saturated carbocycles. The zero-order chi connectivity index (χ0) is 26.9. The summed E-state index contributed by atoms with van der Waals surface area (Å²) >= 11 is 0. The molecule has 7 heteroatoms. The van der Waals surface area contributed by atoms with E-state index >= 15 is 0 Å². The van der Waals surface area contributed by atoms with Gasteiger partial charge in [-0.25, -0.2) is 0 Å². The number of carbonyl (C=O) groups excluding carboxylic acids is 3. The van der Waals surface area contributed by atoms with Crippen LogP contribution in [0.25, 0.3) is 0 Å². The number of hydrogen-bond donors (Lipinski definition) is 2.